The average Bonchev–Trinajstić information content (AvgIpc) is 3.62. The number of methoxy groups -OCH3 is 1. The lowest BCUT2D eigenvalue weighted by Crippen LogP contribution is -2.60. The summed E-state index contributed by atoms with van der Waals surface area (Å²) in [4.78, 5) is 99.3. The normalized spacial score (nSPS) is 16.0. The van der Waals surface area contributed by atoms with E-state index < -0.39 is 83.4 Å². The van der Waals surface area contributed by atoms with Gasteiger partial charge in [0.15, 0.2) is 0 Å². The number of carbonyl (C=O) groups excluding carboxylic acids is 7. The molecular formula is C45H69N7O10. The average molecular weight is 868 g/mol. The van der Waals surface area contributed by atoms with E-state index in [9.17, 15) is 33.6 Å². The second kappa shape index (κ2) is 24.8. The topological polar surface area (TPSA) is 225 Å². The lowest BCUT2D eigenvalue weighted by molar-refractivity contribution is -0.151. The van der Waals surface area contributed by atoms with E-state index in [-0.39, 0.29) is 44.1 Å². The molecule has 1 heterocycles. The van der Waals surface area contributed by atoms with Crippen molar-refractivity contribution in [1.29, 1.82) is 0 Å². The van der Waals surface area contributed by atoms with Gasteiger partial charge in [-0.3, -0.25) is 24.0 Å². The van der Waals surface area contributed by atoms with Gasteiger partial charge in [0.2, 0.25) is 23.6 Å². The molecule has 1 aromatic heterocycles. The quantitative estimate of drug-likeness (QED) is 0.0842. The van der Waals surface area contributed by atoms with Crippen molar-refractivity contribution in [2.75, 3.05) is 7.11 Å². The molecule has 62 heavy (non-hydrogen) atoms. The molecule has 1 fully saturated rings. The summed E-state index contributed by atoms with van der Waals surface area (Å²) in [5.74, 6) is -4.51. The maximum Gasteiger partial charge on any atom is 0.408 e. The minimum atomic E-state index is -1.31. The molecule has 0 bridgehead atoms. The number of carbonyl (C=O) groups is 7. The molecule has 5 amide bonds. The first-order chi connectivity index (χ1) is 29.3. The summed E-state index contributed by atoms with van der Waals surface area (Å²) in [7, 11) is 2.96. The van der Waals surface area contributed by atoms with Gasteiger partial charge in [0.1, 0.15) is 41.9 Å². The molecule has 1 aliphatic carbocycles. The number of esters is 2. The number of nitrogens with zero attached hydrogens (tertiary/aromatic N) is 2. The van der Waals surface area contributed by atoms with E-state index in [1.165, 1.54) is 7.11 Å². The molecule has 0 aliphatic heterocycles. The van der Waals surface area contributed by atoms with E-state index in [0.29, 0.717) is 12.1 Å². The lowest BCUT2D eigenvalue weighted by Gasteiger charge is -2.30. The minimum absolute atomic E-state index is 0.0370. The van der Waals surface area contributed by atoms with Gasteiger partial charge in [0, 0.05) is 38.2 Å². The third-order valence-corrected chi connectivity index (χ3v) is 10.7. The van der Waals surface area contributed by atoms with Crippen LogP contribution in [0.1, 0.15) is 118 Å². The summed E-state index contributed by atoms with van der Waals surface area (Å²) in [5.41, 5.74) is 0.552. The molecule has 0 radical (unpaired) electrons. The zero-order chi connectivity index (χ0) is 46.0. The van der Waals surface area contributed by atoms with Crippen molar-refractivity contribution in [3.8, 4) is 0 Å². The second-order valence-corrected chi connectivity index (χ2v) is 17.6. The molecule has 1 aromatic carbocycles. The Hall–Kier alpha value is -5.48. The Morgan fingerprint density at radius 3 is 1.98 bits per heavy atom. The van der Waals surface area contributed by atoms with Crippen molar-refractivity contribution in [1.82, 2.24) is 36.1 Å². The Labute approximate surface area is 365 Å². The maximum absolute atomic E-state index is 14.3. The molecule has 344 valence electrons. The van der Waals surface area contributed by atoms with Gasteiger partial charge in [0.05, 0.1) is 13.4 Å². The van der Waals surface area contributed by atoms with Crippen molar-refractivity contribution in [2.45, 2.75) is 161 Å². The molecular weight excluding hydrogens is 799 g/mol. The third-order valence-electron chi connectivity index (χ3n) is 10.7. The van der Waals surface area contributed by atoms with Gasteiger partial charge >= 0.3 is 18.0 Å². The highest BCUT2D eigenvalue weighted by Crippen LogP contribution is 2.21. The monoisotopic (exact) mass is 868 g/mol. The maximum atomic E-state index is 14.3. The number of hydrogen-bond donors (Lipinski definition) is 5. The fourth-order valence-electron chi connectivity index (χ4n) is 7.06. The lowest BCUT2D eigenvalue weighted by atomic mass is 9.96. The number of ether oxygens (including phenoxy) is 3. The van der Waals surface area contributed by atoms with E-state index in [2.05, 4.69) is 31.6 Å². The summed E-state index contributed by atoms with van der Waals surface area (Å²) < 4.78 is 17.8. The molecule has 17 heteroatoms. The van der Waals surface area contributed by atoms with Crippen LogP contribution in [0.25, 0.3) is 0 Å². The molecule has 5 N–H and O–H groups in total. The van der Waals surface area contributed by atoms with E-state index in [0.717, 1.165) is 37.7 Å². The number of hydrogen-bond acceptors (Lipinski definition) is 11. The number of imidazole rings is 1. The SMILES string of the molecule is CC[C@H](C)[C@@H](NC(=O)[C@H](CC(C)C)NC(=O)[C@H](Cc1cncn1C)NC(=O)OC(C)(C)C)C(=O)N[C@@H](CCC(=O)OC1CCCCC1)C(=O)N[C@@H](Cc1ccccc1)C(=O)OC. The molecule has 1 saturated carbocycles. The van der Waals surface area contributed by atoms with Crippen molar-refractivity contribution < 1.29 is 47.8 Å². The summed E-state index contributed by atoms with van der Waals surface area (Å²) in [6.07, 6.45) is 7.00. The van der Waals surface area contributed by atoms with E-state index in [1.54, 1.807) is 76.1 Å². The summed E-state index contributed by atoms with van der Waals surface area (Å²) in [6.45, 7) is 12.4. The molecule has 2 aromatic rings. The van der Waals surface area contributed by atoms with E-state index in [1.807, 2.05) is 26.8 Å². The van der Waals surface area contributed by atoms with Crippen LogP contribution in [0.2, 0.25) is 0 Å². The van der Waals surface area contributed by atoms with Crippen LogP contribution in [0.3, 0.4) is 0 Å². The van der Waals surface area contributed by atoms with Crippen LogP contribution in [0.5, 0.6) is 0 Å². The Morgan fingerprint density at radius 1 is 0.790 bits per heavy atom. The number of aromatic nitrogens is 2. The molecule has 6 atom stereocenters. The fraction of sp³-hybridized carbons (Fsp3) is 0.644. The van der Waals surface area contributed by atoms with Crippen LogP contribution in [-0.2, 0) is 62.9 Å². The number of benzene rings is 1. The van der Waals surface area contributed by atoms with Crippen LogP contribution >= 0.6 is 0 Å². The number of alkyl carbamates (subject to hydrolysis) is 1. The van der Waals surface area contributed by atoms with Gasteiger partial charge < -0.3 is 45.4 Å². The number of rotatable bonds is 22. The Kier molecular flexibility index (Phi) is 20.4. The predicted molar refractivity (Wildman–Crippen MR) is 231 cm³/mol. The third kappa shape index (κ3) is 17.5. The Morgan fingerprint density at radius 2 is 1.40 bits per heavy atom. The molecule has 0 unspecified atom stereocenters. The van der Waals surface area contributed by atoms with Crippen LogP contribution in [0, 0.1) is 11.8 Å². The summed E-state index contributed by atoms with van der Waals surface area (Å²) in [6, 6.07) is 3.12. The van der Waals surface area contributed by atoms with Gasteiger partial charge in [-0.2, -0.15) is 0 Å². The van der Waals surface area contributed by atoms with E-state index >= 15 is 0 Å². The van der Waals surface area contributed by atoms with Gasteiger partial charge in [0.25, 0.3) is 0 Å². The van der Waals surface area contributed by atoms with Gasteiger partial charge in [-0.05, 0) is 76.7 Å². The highest BCUT2D eigenvalue weighted by Gasteiger charge is 2.36. The minimum Gasteiger partial charge on any atom is -0.467 e. The highest BCUT2D eigenvalue weighted by molar-refractivity contribution is 5.96. The first-order valence-electron chi connectivity index (χ1n) is 21.8. The van der Waals surface area contributed by atoms with Crippen molar-refractivity contribution in [3.05, 3.63) is 54.1 Å². The second-order valence-electron chi connectivity index (χ2n) is 17.6. The zero-order valence-corrected chi connectivity index (χ0v) is 37.9. The van der Waals surface area contributed by atoms with Crippen LogP contribution in [0.4, 0.5) is 4.79 Å². The van der Waals surface area contributed by atoms with Crippen molar-refractivity contribution in [3.63, 3.8) is 0 Å². The smallest absolute Gasteiger partial charge is 0.408 e. The van der Waals surface area contributed by atoms with Crippen molar-refractivity contribution >= 4 is 41.7 Å². The zero-order valence-electron chi connectivity index (χ0n) is 37.9. The number of amides is 5. The molecule has 17 nitrogen and oxygen atoms in total. The molecule has 0 saturated heterocycles. The molecule has 1 aliphatic rings. The molecule has 0 spiro atoms. The number of aryl methyl sites for hydroxylation is 1. The summed E-state index contributed by atoms with van der Waals surface area (Å²) in [5, 5.41) is 13.7. The molecule has 3 rings (SSSR count). The number of nitrogens with one attached hydrogen (secondary N) is 5. The highest BCUT2D eigenvalue weighted by atomic mass is 16.6. The first kappa shape index (κ1) is 50.9. The Bertz CT molecular complexity index is 1790. The predicted octanol–water partition coefficient (Wildman–Crippen LogP) is 3.96. The van der Waals surface area contributed by atoms with Crippen LogP contribution in [0.15, 0.2) is 42.9 Å². The fourth-order valence-corrected chi connectivity index (χ4v) is 7.06. The van der Waals surface area contributed by atoms with Gasteiger partial charge in [-0.15, -0.1) is 0 Å². The first-order valence-corrected chi connectivity index (χ1v) is 21.8. The van der Waals surface area contributed by atoms with Gasteiger partial charge in [-0.1, -0.05) is 70.9 Å². The van der Waals surface area contributed by atoms with E-state index in [4.69, 9.17) is 14.2 Å². The van der Waals surface area contributed by atoms with Gasteiger partial charge in [-0.25, -0.2) is 14.6 Å². The summed E-state index contributed by atoms with van der Waals surface area (Å²) >= 11 is 0. The standard InChI is InChI=1S/C45H69N7O10/c1-10-29(4)38(51-41(56)34(23-28(2)3)48-40(55)35(25-31-26-46-27-52(31)8)50-44(59)62-45(5,6)7)42(57)47-33(21-22-37(53)61-32-19-15-12-16-20-32)39(54)49-36(43(58)60-9)24-30-17-13-11-14-18-30/h11,13-14,17-18,26-29,32-36,38H,10,12,15-16,19-25H2,1-9H3,(H,47,57)(H,48,55)(H,49,54)(H,50,59)(H,51,56)/t29-,33-,34-,35-,36-,38+/m0/s1. The largest absolute Gasteiger partial charge is 0.467 e. The van der Waals surface area contributed by atoms with Crippen LogP contribution in [-0.4, -0.2) is 100 Å². The van der Waals surface area contributed by atoms with Crippen molar-refractivity contribution in [2.24, 2.45) is 18.9 Å². The van der Waals surface area contributed by atoms with Crippen LogP contribution < -0.4 is 26.6 Å². The Balaban J connectivity index is 1.86.